The number of rotatable bonds is 6. The molecule has 0 saturated carbocycles. The van der Waals surface area contributed by atoms with E-state index in [9.17, 15) is 35.9 Å². The van der Waals surface area contributed by atoms with Gasteiger partial charge in [0, 0.05) is 17.7 Å². The average molecular weight is 556 g/mol. The topological polar surface area (TPSA) is 96.0 Å². The second kappa shape index (κ2) is 10.8. The third-order valence-corrected chi connectivity index (χ3v) is 5.19. The zero-order chi connectivity index (χ0) is 28.3. The van der Waals surface area contributed by atoms with Crippen LogP contribution in [0.3, 0.4) is 0 Å². The smallest absolute Gasteiger partial charge is 0.489 e. The Hall–Kier alpha value is -4.33. The first-order valence-electron chi connectivity index (χ1n) is 11.1. The first kappa shape index (κ1) is 27.7. The van der Waals surface area contributed by atoms with Gasteiger partial charge in [-0.2, -0.15) is 26.3 Å². The summed E-state index contributed by atoms with van der Waals surface area (Å²) in [4.78, 5) is 27.2. The number of esters is 2. The van der Waals surface area contributed by atoms with Gasteiger partial charge in [-0.3, -0.25) is 0 Å². The summed E-state index contributed by atoms with van der Waals surface area (Å²) in [5, 5.41) is 2.43. The molecule has 1 N–H and O–H groups in total. The van der Waals surface area contributed by atoms with Crippen LogP contribution in [-0.4, -0.2) is 41.8 Å². The lowest BCUT2D eigenvalue weighted by Gasteiger charge is -2.31. The SMILES string of the molecule is O=C(OC1(OC(=O)C(F)(F)F)CNCc2ccc(-c3cccc(OCc4ccccc4)c3)nc2O1)C(F)(F)F. The van der Waals surface area contributed by atoms with E-state index in [1.165, 1.54) is 12.1 Å². The molecule has 0 bridgehead atoms. The molecule has 0 spiro atoms. The van der Waals surface area contributed by atoms with E-state index >= 15 is 0 Å². The van der Waals surface area contributed by atoms with Crippen LogP contribution in [0, 0.1) is 0 Å². The summed E-state index contributed by atoms with van der Waals surface area (Å²) < 4.78 is 96.6. The first-order chi connectivity index (χ1) is 18.3. The molecule has 14 heteroatoms. The van der Waals surface area contributed by atoms with Gasteiger partial charge in [-0.15, -0.1) is 0 Å². The predicted octanol–water partition coefficient (Wildman–Crippen LogP) is 4.67. The number of nitrogens with zero attached hydrogens (tertiary/aromatic N) is 1. The number of ether oxygens (including phenoxy) is 4. The van der Waals surface area contributed by atoms with E-state index < -0.39 is 42.7 Å². The van der Waals surface area contributed by atoms with Crippen LogP contribution in [0.5, 0.6) is 11.6 Å². The van der Waals surface area contributed by atoms with Gasteiger partial charge in [0.25, 0.3) is 0 Å². The van der Waals surface area contributed by atoms with Gasteiger partial charge in [-0.1, -0.05) is 48.5 Å². The van der Waals surface area contributed by atoms with E-state index in [2.05, 4.69) is 19.8 Å². The van der Waals surface area contributed by atoms with Crippen molar-refractivity contribution in [2.45, 2.75) is 31.5 Å². The lowest BCUT2D eigenvalue weighted by molar-refractivity contribution is -0.331. The van der Waals surface area contributed by atoms with Crippen LogP contribution in [0.4, 0.5) is 26.3 Å². The molecule has 0 fully saturated rings. The third-order valence-electron chi connectivity index (χ3n) is 5.19. The highest BCUT2D eigenvalue weighted by molar-refractivity contribution is 5.78. The number of fused-ring (bicyclic) bond motifs is 1. The fraction of sp³-hybridized carbons (Fsp3) is 0.240. The summed E-state index contributed by atoms with van der Waals surface area (Å²) in [5.41, 5.74) is 1.71. The van der Waals surface area contributed by atoms with Crippen molar-refractivity contribution in [1.29, 1.82) is 0 Å². The van der Waals surface area contributed by atoms with Crippen LogP contribution in [0.25, 0.3) is 11.3 Å². The van der Waals surface area contributed by atoms with Gasteiger partial charge in [-0.25, -0.2) is 14.6 Å². The van der Waals surface area contributed by atoms with Gasteiger partial charge in [0.15, 0.2) is 0 Å². The Balaban J connectivity index is 1.63. The van der Waals surface area contributed by atoms with E-state index in [1.54, 1.807) is 24.3 Å². The Kier molecular flexibility index (Phi) is 7.67. The van der Waals surface area contributed by atoms with Gasteiger partial charge in [0.2, 0.25) is 5.88 Å². The number of hydrogen-bond donors (Lipinski definition) is 1. The normalized spacial score (nSPS) is 14.8. The van der Waals surface area contributed by atoms with Crippen molar-refractivity contribution in [3.8, 4) is 22.9 Å². The van der Waals surface area contributed by atoms with Crippen molar-refractivity contribution in [3.05, 3.63) is 77.9 Å². The molecule has 0 atom stereocenters. The van der Waals surface area contributed by atoms with Crippen LogP contribution < -0.4 is 14.8 Å². The molecule has 206 valence electrons. The zero-order valence-electron chi connectivity index (χ0n) is 19.6. The van der Waals surface area contributed by atoms with Crippen molar-refractivity contribution < 1.29 is 54.9 Å². The number of aromatic nitrogens is 1. The maximum atomic E-state index is 12.9. The average Bonchev–Trinajstić information content (AvgIpc) is 3.05. The highest BCUT2D eigenvalue weighted by Gasteiger charge is 2.55. The number of carbonyl (C=O) groups is 2. The first-order valence-corrected chi connectivity index (χ1v) is 11.1. The van der Waals surface area contributed by atoms with Crippen molar-refractivity contribution in [2.24, 2.45) is 0 Å². The molecule has 1 aromatic heterocycles. The molecule has 0 amide bonds. The molecule has 4 rings (SSSR count). The maximum Gasteiger partial charge on any atom is 0.491 e. The molecular weight excluding hydrogens is 538 g/mol. The Morgan fingerprint density at radius 1 is 0.897 bits per heavy atom. The van der Waals surface area contributed by atoms with E-state index in [0.717, 1.165) is 5.56 Å². The highest BCUT2D eigenvalue weighted by atomic mass is 19.4. The largest absolute Gasteiger partial charge is 0.491 e. The van der Waals surface area contributed by atoms with E-state index in [4.69, 9.17) is 9.47 Å². The fourth-order valence-corrected chi connectivity index (χ4v) is 3.41. The van der Waals surface area contributed by atoms with Crippen LogP contribution >= 0.6 is 0 Å². The molecule has 0 unspecified atom stereocenters. The molecule has 0 radical (unpaired) electrons. The minimum atomic E-state index is -5.63. The van der Waals surface area contributed by atoms with Gasteiger partial charge >= 0.3 is 30.3 Å². The van der Waals surface area contributed by atoms with Crippen molar-refractivity contribution in [3.63, 3.8) is 0 Å². The number of carbonyl (C=O) groups excluding carboxylic acids is 2. The molecule has 3 aromatic rings. The van der Waals surface area contributed by atoms with Crippen LogP contribution in [0.1, 0.15) is 11.1 Å². The monoisotopic (exact) mass is 556 g/mol. The number of halogens is 6. The van der Waals surface area contributed by atoms with Crippen molar-refractivity contribution in [2.75, 3.05) is 6.54 Å². The lowest BCUT2D eigenvalue weighted by Crippen LogP contribution is -2.55. The second-order valence-electron chi connectivity index (χ2n) is 8.13. The number of alkyl halides is 6. The van der Waals surface area contributed by atoms with E-state index in [1.807, 2.05) is 30.3 Å². The van der Waals surface area contributed by atoms with Crippen LogP contribution in [0.15, 0.2) is 66.7 Å². The molecule has 0 aliphatic carbocycles. The van der Waals surface area contributed by atoms with E-state index in [0.29, 0.717) is 11.3 Å². The molecule has 0 saturated heterocycles. The Labute approximate surface area is 216 Å². The minimum absolute atomic E-state index is 0.170. The summed E-state index contributed by atoms with van der Waals surface area (Å²) in [6.07, 6.45) is -11.3. The van der Waals surface area contributed by atoms with Crippen LogP contribution in [-0.2, 0) is 32.2 Å². The van der Waals surface area contributed by atoms with Crippen molar-refractivity contribution in [1.82, 2.24) is 10.3 Å². The third kappa shape index (κ3) is 6.96. The summed E-state index contributed by atoms with van der Waals surface area (Å²) >= 11 is 0. The lowest BCUT2D eigenvalue weighted by atomic mass is 10.1. The van der Waals surface area contributed by atoms with Crippen molar-refractivity contribution >= 4 is 11.9 Å². The highest BCUT2D eigenvalue weighted by Crippen LogP contribution is 2.33. The molecule has 2 aromatic carbocycles. The number of benzene rings is 2. The van der Waals surface area contributed by atoms with Gasteiger partial charge < -0.3 is 24.3 Å². The molecular formula is C25H18F6N2O6. The summed E-state index contributed by atoms with van der Waals surface area (Å²) in [6.45, 7) is -0.989. The summed E-state index contributed by atoms with van der Waals surface area (Å²) in [5.74, 6) is -9.43. The standard InChI is InChI=1S/C25H18F6N2O6/c26-24(27,28)21(34)38-23(39-22(35)25(29,30)31)14-32-12-17-9-10-19(33-20(17)37-23)16-7-4-8-18(11-16)36-13-15-5-2-1-3-6-15/h1-11,32H,12-14H2. The molecule has 2 heterocycles. The molecule has 1 aliphatic rings. The predicted molar refractivity (Wildman–Crippen MR) is 120 cm³/mol. The Morgan fingerprint density at radius 2 is 1.56 bits per heavy atom. The number of hydrogen-bond acceptors (Lipinski definition) is 8. The molecule has 8 nitrogen and oxygen atoms in total. The Morgan fingerprint density at radius 3 is 2.21 bits per heavy atom. The summed E-state index contributed by atoms with van der Waals surface area (Å²) in [7, 11) is 0. The van der Waals surface area contributed by atoms with Crippen LogP contribution in [0.2, 0.25) is 0 Å². The van der Waals surface area contributed by atoms with Gasteiger partial charge in [0.1, 0.15) is 18.9 Å². The minimum Gasteiger partial charge on any atom is -0.489 e. The van der Waals surface area contributed by atoms with E-state index in [-0.39, 0.29) is 24.4 Å². The number of pyridine rings is 1. The zero-order valence-corrected chi connectivity index (χ0v) is 19.6. The summed E-state index contributed by atoms with van der Waals surface area (Å²) in [6, 6.07) is 18.8. The second-order valence-corrected chi connectivity index (χ2v) is 8.13. The maximum absolute atomic E-state index is 12.9. The molecule has 39 heavy (non-hydrogen) atoms. The van der Waals surface area contributed by atoms with Gasteiger partial charge in [-0.05, 0) is 23.8 Å². The quantitative estimate of drug-likeness (QED) is 0.266. The molecule has 1 aliphatic heterocycles. The fourth-order valence-electron chi connectivity index (χ4n) is 3.41. The van der Waals surface area contributed by atoms with Gasteiger partial charge in [0.05, 0.1) is 5.69 Å². The number of nitrogens with one attached hydrogen (secondary N) is 1. The Bertz CT molecular complexity index is 1320.